The molecule has 0 bridgehead atoms. The normalized spacial score (nSPS) is 12.7. The summed E-state index contributed by atoms with van der Waals surface area (Å²) < 4.78 is 5.27. The van der Waals surface area contributed by atoms with Gasteiger partial charge in [-0.3, -0.25) is 10.4 Å². The van der Waals surface area contributed by atoms with E-state index in [4.69, 9.17) is 4.74 Å². The van der Waals surface area contributed by atoms with Crippen molar-refractivity contribution in [3.8, 4) is 0 Å². The number of hydrogen-bond donors (Lipinski definition) is 3. The molecule has 2 rings (SSSR count). The first-order chi connectivity index (χ1) is 11.7. The first-order valence-corrected chi connectivity index (χ1v) is 8.48. The Kier molecular flexibility index (Phi) is 5.85. The van der Waals surface area contributed by atoms with E-state index in [2.05, 4.69) is 59.8 Å². The molecule has 1 heterocycles. The quantitative estimate of drug-likeness (QED) is 0.758. The van der Waals surface area contributed by atoms with Crippen LogP contribution in [0.4, 0.5) is 10.6 Å². The Labute approximate surface area is 149 Å². The van der Waals surface area contributed by atoms with Crippen LogP contribution in [-0.4, -0.2) is 21.9 Å². The lowest BCUT2D eigenvalue weighted by molar-refractivity contribution is 0.0635. The predicted octanol–water partition coefficient (Wildman–Crippen LogP) is 4.22. The summed E-state index contributed by atoms with van der Waals surface area (Å²) in [7, 11) is 0. The second kappa shape index (κ2) is 7.70. The van der Waals surface area contributed by atoms with Crippen molar-refractivity contribution in [2.24, 2.45) is 0 Å². The first-order valence-electron chi connectivity index (χ1n) is 8.48. The summed E-state index contributed by atoms with van der Waals surface area (Å²) in [6.45, 7) is 12.4. The molecule has 136 valence electrons. The summed E-state index contributed by atoms with van der Waals surface area (Å²) in [6.07, 6.45) is 1.20. The molecule has 0 radical (unpaired) electrons. The molecular weight excluding hydrogens is 316 g/mol. The molecule has 1 aromatic carbocycles. The summed E-state index contributed by atoms with van der Waals surface area (Å²) in [5.74, 6) is 0.551. The number of ether oxygens (including phenoxy) is 1. The molecule has 0 fully saturated rings. The third kappa shape index (κ3) is 5.60. The number of nitrogens with one attached hydrogen (secondary N) is 3. The van der Waals surface area contributed by atoms with Gasteiger partial charge in [-0.25, -0.2) is 4.79 Å². The van der Waals surface area contributed by atoms with Gasteiger partial charge in [0.1, 0.15) is 11.4 Å². The molecule has 1 amide bonds. The standard InChI is InChI=1S/C19H28N4O2/c1-12-7-8-13(2)16(9-12)14(3)20-10-15-11-21-23-17(15)22-18(24)25-19(4,5)6/h7-9,11,14,20H,10H2,1-6H3,(H2,21,22,23,24). The number of aromatic nitrogens is 2. The van der Waals surface area contributed by atoms with Gasteiger partial charge >= 0.3 is 6.09 Å². The molecule has 1 aromatic heterocycles. The highest BCUT2D eigenvalue weighted by molar-refractivity contribution is 5.84. The minimum Gasteiger partial charge on any atom is -0.444 e. The lowest BCUT2D eigenvalue weighted by Gasteiger charge is -2.20. The largest absolute Gasteiger partial charge is 0.444 e. The maximum Gasteiger partial charge on any atom is 0.413 e. The highest BCUT2D eigenvalue weighted by Gasteiger charge is 2.18. The van der Waals surface area contributed by atoms with Crippen LogP contribution in [0.1, 0.15) is 56.0 Å². The Morgan fingerprint density at radius 3 is 2.72 bits per heavy atom. The fourth-order valence-corrected chi connectivity index (χ4v) is 2.56. The number of hydrogen-bond acceptors (Lipinski definition) is 4. The fraction of sp³-hybridized carbons (Fsp3) is 0.474. The van der Waals surface area contributed by atoms with Gasteiger partial charge in [0.2, 0.25) is 0 Å². The predicted molar refractivity (Wildman–Crippen MR) is 99.6 cm³/mol. The second-order valence-corrected chi connectivity index (χ2v) is 7.36. The van der Waals surface area contributed by atoms with Gasteiger partial charge in [-0.05, 0) is 52.7 Å². The molecule has 6 nitrogen and oxygen atoms in total. The number of anilines is 1. The fourth-order valence-electron chi connectivity index (χ4n) is 2.56. The number of aryl methyl sites for hydroxylation is 2. The van der Waals surface area contributed by atoms with Crippen molar-refractivity contribution in [3.63, 3.8) is 0 Å². The Bertz CT molecular complexity index is 731. The molecule has 3 N–H and O–H groups in total. The average molecular weight is 344 g/mol. The van der Waals surface area contributed by atoms with Gasteiger partial charge in [0.15, 0.2) is 0 Å². The van der Waals surface area contributed by atoms with Crippen molar-refractivity contribution >= 4 is 11.9 Å². The molecule has 0 saturated heterocycles. The molecule has 0 saturated carbocycles. The van der Waals surface area contributed by atoms with Gasteiger partial charge in [0.25, 0.3) is 0 Å². The van der Waals surface area contributed by atoms with Crippen LogP contribution in [0, 0.1) is 13.8 Å². The number of rotatable bonds is 5. The van der Waals surface area contributed by atoms with Crippen molar-refractivity contribution in [1.29, 1.82) is 0 Å². The summed E-state index contributed by atoms with van der Waals surface area (Å²) in [4.78, 5) is 11.9. The number of benzene rings is 1. The SMILES string of the molecule is Cc1ccc(C)c(C(C)NCc2cn[nH]c2NC(=O)OC(C)(C)C)c1. The Balaban J connectivity index is 1.99. The van der Waals surface area contributed by atoms with E-state index in [0.29, 0.717) is 12.4 Å². The highest BCUT2D eigenvalue weighted by atomic mass is 16.6. The Morgan fingerprint density at radius 1 is 1.32 bits per heavy atom. The van der Waals surface area contributed by atoms with Crippen molar-refractivity contribution in [1.82, 2.24) is 15.5 Å². The zero-order chi connectivity index (χ0) is 18.6. The molecule has 0 spiro atoms. The van der Waals surface area contributed by atoms with E-state index in [0.717, 1.165) is 5.56 Å². The monoisotopic (exact) mass is 344 g/mol. The van der Waals surface area contributed by atoms with E-state index in [9.17, 15) is 4.79 Å². The zero-order valence-electron chi connectivity index (χ0n) is 15.9. The minimum atomic E-state index is -0.542. The summed E-state index contributed by atoms with van der Waals surface area (Å²) in [5.41, 5.74) is 4.10. The van der Waals surface area contributed by atoms with Crippen LogP contribution >= 0.6 is 0 Å². The molecule has 0 aliphatic heterocycles. The molecular formula is C19H28N4O2. The van der Waals surface area contributed by atoms with Crippen LogP contribution in [0.3, 0.4) is 0 Å². The van der Waals surface area contributed by atoms with Crippen molar-refractivity contribution in [2.75, 3.05) is 5.32 Å². The van der Waals surface area contributed by atoms with Gasteiger partial charge < -0.3 is 10.1 Å². The van der Waals surface area contributed by atoms with Gasteiger partial charge in [0, 0.05) is 18.2 Å². The van der Waals surface area contributed by atoms with E-state index in [1.54, 1.807) is 6.20 Å². The van der Waals surface area contributed by atoms with Gasteiger partial charge in [0.05, 0.1) is 6.20 Å². The van der Waals surface area contributed by atoms with Crippen LogP contribution in [0.15, 0.2) is 24.4 Å². The molecule has 1 unspecified atom stereocenters. The van der Waals surface area contributed by atoms with Crippen LogP contribution in [0.2, 0.25) is 0 Å². The van der Waals surface area contributed by atoms with E-state index < -0.39 is 11.7 Å². The number of aromatic amines is 1. The molecule has 0 aliphatic carbocycles. The van der Waals surface area contributed by atoms with Crippen LogP contribution in [0.5, 0.6) is 0 Å². The van der Waals surface area contributed by atoms with Crippen LogP contribution in [-0.2, 0) is 11.3 Å². The Hall–Kier alpha value is -2.34. The van der Waals surface area contributed by atoms with E-state index in [-0.39, 0.29) is 6.04 Å². The topological polar surface area (TPSA) is 79.0 Å². The molecule has 25 heavy (non-hydrogen) atoms. The molecule has 6 heteroatoms. The van der Waals surface area contributed by atoms with Crippen molar-refractivity contribution < 1.29 is 9.53 Å². The average Bonchev–Trinajstić information content (AvgIpc) is 2.92. The summed E-state index contributed by atoms with van der Waals surface area (Å²) in [6, 6.07) is 6.63. The maximum absolute atomic E-state index is 11.9. The number of carbonyl (C=O) groups excluding carboxylic acids is 1. The number of carbonyl (C=O) groups is 1. The van der Waals surface area contributed by atoms with E-state index in [1.165, 1.54) is 16.7 Å². The van der Waals surface area contributed by atoms with Crippen LogP contribution < -0.4 is 10.6 Å². The Morgan fingerprint density at radius 2 is 2.04 bits per heavy atom. The zero-order valence-corrected chi connectivity index (χ0v) is 15.9. The number of nitrogens with zero attached hydrogens (tertiary/aromatic N) is 1. The number of amides is 1. The first kappa shape index (κ1) is 19.0. The maximum atomic E-state index is 11.9. The molecule has 2 aromatic rings. The third-order valence-electron chi connectivity index (χ3n) is 3.84. The van der Waals surface area contributed by atoms with Crippen molar-refractivity contribution in [2.45, 2.75) is 59.7 Å². The third-order valence-corrected chi connectivity index (χ3v) is 3.84. The van der Waals surface area contributed by atoms with Gasteiger partial charge in [-0.1, -0.05) is 23.8 Å². The van der Waals surface area contributed by atoms with E-state index >= 15 is 0 Å². The highest BCUT2D eigenvalue weighted by Crippen LogP contribution is 2.20. The van der Waals surface area contributed by atoms with Gasteiger partial charge in [-0.2, -0.15) is 5.10 Å². The summed E-state index contributed by atoms with van der Waals surface area (Å²) >= 11 is 0. The molecule has 0 aliphatic rings. The lowest BCUT2D eigenvalue weighted by Crippen LogP contribution is -2.28. The van der Waals surface area contributed by atoms with Gasteiger partial charge in [-0.15, -0.1) is 0 Å². The number of H-pyrrole nitrogens is 1. The van der Waals surface area contributed by atoms with E-state index in [1.807, 2.05) is 20.8 Å². The minimum absolute atomic E-state index is 0.184. The summed E-state index contributed by atoms with van der Waals surface area (Å²) in [5, 5.41) is 13.0. The lowest BCUT2D eigenvalue weighted by atomic mass is 10.00. The smallest absolute Gasteiger partial charge is 0.413 e. The van der Waals surface area contributed by atoms with Crippen LogP contribution in [0.25, 0.3) is 0 Å². The molecule has 1 atom stereocenters. The second-order valence-electron chi connectivity index (χ2n) is 7.36. The van der Waals surface area contributed by atoms with Crippen molar-refractivity contribution in [3.05, 3.63) is 46.6 Å².